The fourth-order valence-electron chi connectivity index (χ4n) is 2.18. The molecule has 0 spiro atoms. The molecule has 0 fully saturated rings. The number of non-ortho nitro benzene ring substituents is 2. The zero-order chi connectivity index (χ0) is 20.9. The maximum Gasteiger partial charge on any atom is 0.277 e. The molecule has 148 valence electrons. The van der Waals surface area contributed by atoms with Crippen molar-refractivity contribution >= 4 is 33.0 Å². The van der Waals surface area contributed by atoms with Gasteiger partial charge in [-0.3, -0.25) is 25.0 Å². The Bertz CT molecular complexity index is 988. The summed E-state index contributed by atoms with van der Waals surface area (Å²) in [6, 6.07) is 7.81. The van der Waals surface area contributed by atoms with Crippen LogP contribution in [0.4, 0.5) is 17.1 Å². The van der Waals surface area contributed by atoms with E-state index < -0.39 is 37.2 Å². The number of carbonyl (C=O) groups is 1. The minimum atomic E-state index is -3.66. The molecule has 0 heterocycles. The van der Waals surface area contributed by atoms with Crippen molar-refractivity contribution in [2.45, 2.75) is 18.2 Å². The lowest BCUT2D eigenvalue weighted by molar-refractivity contribution is -0.394. The topological polar surface area (TPSA) is 162 Å². The minimum absolute atomic E-state index is 0.00457. The third kappa shape index (κ3) is 5.08. The van der Waals surface area contributed by atoms with Crippen LogP contribution >= 0.6 is 0 Å². The van der Waals surface area contributed by atoms with Gasteiger partial charge >= 0.3 is 0 Å². The molecule has 2 rings (SSSR count). The number of nitrogens with one attached hydrogen (secondary N) is 2. The summed E-state index contributed by atoms with van der Waals surface area (Å²) >= 11 is 0. The molecule has 0 bridgehead atoms. The van der Waals surface area contributed by atoms with Gasteiger partial charge in [0.15, 0.2) is 0 Å². The number of hydrogen-bond acceptors (Lipinski definition) is 7. The number of carbonyl (C=O) groups excluding carboxylic acids is 1. The summed E-state index contributed by atoms with van der Waals surface area (Å²) in [6.07, 6.45) is 0.628. The van der Waals surface area contributed by atoms with E-state index in [1.54, 1.807) is 0 Å². The van der Waals surface area contributed by atoms with Crippen LogP contribution in [0.15, 0.2) is 47.4 Å². The van der Waals surface area contributed by atoms with Crippen molar-refractivity contribution in [3.8, 4) is 0 Å². The van der Waals surface area contributed by atoms with Crippen LogP contribution in [-0.4, -0.2) is 30.7 Å². The van der Waals surface area contributed by atoms with E-state index in [-0.39, 0.29) is 22.7 Å². The van der Waals surface area contributed by atoms with Crippen LogP contribution in [0.1, 0.15) is 23.7 Å². The van der Waals surface area contributed by atoms with Gasteiger partial charge in [-0.1, -0.05) is 6.92 Å². The van der Waals surface area contributed by atoms with Gasteiger partial charge in [0.25, 0.3) is 17.3 Å². The second-order valence-electron chi connectivity index (χ2n) is 5.63. The van der Waals surface area contributed by atoms with E-state index in [2.05, 4.69) is 10.0 Å². The Morgan fingerprint density at radius 1 is 1.00 bits per heavy atom. The van der Waals surface area contributed by atoms with Gasteiger partial charge in [0, 0.05) is 24.4 Å². The fraction of sp³-hybridized carbons (Fsp3) is 0.188. The molecule has 2 N–H and O–H groups in total. The maximum atomic E-state index is 12.3. The number of nitro groups is 2. The number of benzene rings is 2. The number of rotatable bonds is 8. The van der Waals surface area contributed by atoms with E-state index in [9.17, 15) is 33.4 Å². The molecule has 0 radical (unpaired) electrons. The zero-order valence-corrected chi connectivity index (χ0v) is 15.4. The van der Waals surface area contributed by atoms with Gasteiger partial charge < -0.3 is 5.32 Å². The molecule has 0 saturated carbocycles. The van der Waals surface area contributed by atoms with Gasteiger partial charge in [-0.25, -0.2) is 13.1 Å². The van der Waals surface area contributed by atoms with E-state index in [0.29, 0.717) is 6.42 Å². The molecular formula is C16H16N4O7S. The number of anilines is 1. The van der Waals surface area contributed by atoms with Crippen LogP contribution in [0.3, 0.4) is 0 Å². The van der Waals surface area contributed by atoms with Crippen molar-refractivity contribution in [3.63, 3.8) is 0 Å². The van der Waals surface area contributed by atoms with Crippen molar-refractivity contribution in [2.75, 3.05) is 11.9 Å². The lowest BCUT2D eigenvalue weighted by atomic mass is 10.1. The molecular weight excluding hydrogens is 392 g/mol. The molecule has 0 aliphatic heterocycles. The predicted molar refractivity (Wildman–Crippen MR) is 99.6 cm³/mol. The smallest absolute Gasteiger partial charge is 0.277 e. The first kappa shape index (κ1) is 20.9. The van der Waals surface area contributed by atoms with Crippen LogP contribution < -0.4 is 10.0 Å². The first-order valence-electron chi connectivity index (χ1n) is 7.99. The Morgan fingerprint density at radius 3 is 2.00 bits per heavy atom. The monoisotopic (exact) mass is 408 g/mol. The van der Waals surface area contributed by atoms with Gasteiger partial charge in [-0.15, -0.1) is 0 Å². The van der Waals surface area contributed by atoms with Crippen molar-refractivity contribution in [1.29, 1.82) is 0 Å². The van der Waals surface area contributed by atoms with E-state index in [1.165, 1.54) is 24.3 Å². The molecule has 11 nitrogen and oxygen atoms in total. The summed E-state index contributed by atoms with van der Waals surface area (Å²) in [5.74, 6) is -0.813. The summed E-state index contributed by atoms with van der Waals surface area (Å²) < 4.78 is 26.4. The summed E-state index contributed by atoms with van der Waals surface area (Å²) in [5, 5.41) is 24.2. The van der Waals surface area contributed by atoms with E-state index in [0.717, 1.165) is 18.2 Å². The van der Waals surface area contributed by atoms with Crippen LogP contribution in [0, 0.1) is 20.2 Å². The highest BCUT2D eigenvalue weighted by Gasteiger charge is 2.20. The number of nitrogens with zero attached hydrogens (tertiary/aromatic N) is 2. The predicted octanol–water partition coefficient (Wildman–Crippen LogP) is 2.44. The van der Waals surface area contributed by atoms with Crippen molar-refractivity contribution in [2.24, 2.45) is 0 Å². The van der Waals surface area contributed by atoms with Crippen LogP contribution in [0.2, 0.25) is 0 Å². The van der Waals surface area contributed by atoms with Gasteiger partial charge in [0.05, 0.1) is 26.4 Å². The molecule has 1 amide bonds. The second-order valence-corrected chi connectivity index (χ2v) is 7.40. The minimum Gasteiger partial charge on any atom is -0.322 e. The molecule has 12 heteroatoms. The van der Waals surface area contributed by atoms with Crippen LogP contribution in [-0.2, 0) is 10.0 Å². The largest absolute Gasteiger partial charge is 0.322 e. The van der Waals surface area contributed by atoms with Gasteiger partial charge in [-0.2, -0.15) is 0 Å². The second kappa shape index (κ2) is 8.54. The lowest BCUT2D eigenvalue weighted by Gasteiger charge is -2.08. The normalized spacial score (nSPS) is 11.0. The average molecular weight is 408 g/mol. The van der Waals surface area contributed by atoms with Crippen LogP contribution in [0.5, 0.6) is 0 Å². The van der Waals surface area contributed by atoms with Crippen LogP contribution in [0.25, 0.3) is 0 Å². The third-order valence-electron chi connectivity index (χ3n) is 3.55. The fourth-order valence-corrected chi connectivity index (χ4v) is 3.31. The summed E-state index contributed by atoms with van der Waals surface area (Å²) in [4.78, 5) is 32.4. The highest BCUT2D eigenvalue weighted by molar-refractivity contribution is 7.89. The van der Waals surface area contributed by atoms with E-state index in [4.69, 9.17) is 0 Å². The molecule has 2 aromatic rings. The zero-order valence-electron chi connectivity index (χ0n) is 14.6. The summed E-state index contributed by atoms with van der Waals surface area (Å²) in [5.41, 5.74) is -1.25. The Balaban J connectivity index is 2.23. The van der Waals surface area contributed by atoms with E-state index in [1.807, 2.05) is 6.92 Å². The molecule has 0 atom stereocenters. The van der Waals surface area contributed by atoms with Gasteiger partial charge in [0.1, 0.15) is 0 Å². The molecule has 0 aliphatic rings. The lowest BCUT2D eigenvalue weighted by Crippen LogP contribution is -2.24. The number of sulfonamides is 1. The highest BCUT2D eigenvalue weighted by Crippen LogP contribution is 2.23. The average Bonchev–Trinajstić information content (AvgIpc) is 2.66. The summed E-state index contributed by atoms with van der Waals surface area (Å²) in [7, 11) is -3.66. The Hall–Kier alpha value is -3.38. The maximum absolute atomic E-state index is 12.3. The standard InChI is InChI=1S/C16H16N4O7S/c1-2-7-17-28(26,27)15-5-3-12(4-6-15)18-16(21)11-8-13(19(22)23)10-14(9-11)20(24)25/h3-6,8-10,17H,2,7H2,1H3,(H,18,21). The van der Waals surface area contributed by atoms with Gasteiger partial charge in [-0.05, 0) is 30.7 Å². The SMILES string of the molecule is CCCNS(=O)(=O)c1ccc(NC(=O)c2cc([N+](=O)[O-])cc([N+](=O)[O-])c2)cc1. The molecule has 2 aromatic carbocycles. The number of nitro benzene ring substituents is 2. The van der Waals surface area contributed by atoms with E-state index >= 15 is 0 Å². The summed E-state index contributed by atoms with van der Waals surface area (Å²) in [6.45, 7) is 2.10. The van der Waals surface area contributed by atoms with Crippen molar-refractivity contribution < 1.29 is 23.1 Å². The first-order chi connectivity index (χ1) is 13.1. The molecule has 0 aliphatic carbocycles. The molecule has 0 saturated heterocycles. The van der Waals surface area contributed by atoms with Crippen molar-refractivity contribution in [1.82, 2.24) is 4.72 Å². The molecule has 0 unspecified atom stereocenters. The number of amides is 1. The third-order valence-corrected chi connectivity index (χ3v) is 5.03. The molecule has 28 heavy (non-hydrogen) atoms. The Kier molecular flexibility index (Phi) is 6.38. The first-order valence-corrected chi connectivity index (χ1v) is 9.47. The molecule has 0 aromatic heterocycles. The van der Waals surface area contributed by atoms with Gasteiger partial charge in [0.2, 0.25) is 10.0 Å². The van der Waals surface area contributed by atoms with Crippen molar-refractivity contribution in [3.05, 3.63) is 68.3 Å². The number of hydrogen-bond donors (Lipinski definition) is 2. The highest BCUT2D eigenvalue weighted by atomic mass is 32.2. The Morgan fingerprint density at radius 2 is 1.54 bits per heavy atom. The quantitative estimate of drug-likeness (QED) is 0.500. The Labute approximate surface area is 159 Å².